The van der Waals surface area contributed by atoms with Crippen LogP contribution in [-0.4, -0.2) is 64.8 Å². The molecule has 2 aromatic carbocycles. The molecular formula is C29H31F6N5O5S. The first-order chi connectivity index (χ1) is 21.6. The maximum absolute atomic E-state index is 13.7. The molecule has 4 atom stereocenters. The smallest absolute Gasteiger partial charge is 0.389 e. The van der Waals surface area contributed by atoms with Crippen molar-refractivity contribution in [3.63, 3.8) is 0 Å². The zero-order valence-electron chi connectivity index (χ0n) is 24.0. The van der Waals surface area contributed by atoms with Crippen molar-refractivity contribution in [2.75, 3.05) is 11.1 Å². The first kappa shape index (κ1) is 36.3. The molecule has 0 radical (unpaired) electrons. The molecule has 0 aliphatic carbocycles. The van der Waals surface area contributed by atoms with Gasteiger partial charge in [0.1, 0.15) is 6.04 Å². The first-order valence-corrected chi connectivity index (χ1v) is 14.9. The van der Waals surface area contributed by atoms with Crippen LogP contribution in [0.5, 0.6) is 0 Å². The van der Waals surface area contributed by atoms with Gasteiger partial charge in [-0.15, -0.1) is 0 Å². The molecule has 1 aliphatic rings. The Bertz CT molecular complexity index is 1420. The van der Waals surface area contributed by atoms with Crippen molar-refractivity contribution in [3.05, 3.63) is 65.7 Å². The van der Waals surface area contributed by atoms with Gasteiger partial charge in [0.25, 0.3) is 5.91 Å². The number of anilines is 1. The summed E-state index contributed by atoms with van der Waals surface area (Å²) in [6, 6.07) is 13.7. The minimum atomic E-state index is -4.79. The van der Waals surface area contributed by atoms with Crippen LogP contribution < -0.4 is 21.1 Å². The van der Waals surface area contributed by atoms with Crippen LogP contribution >= 0.6 is 11.9 Å². The number of carboxylic acid groups (broad SMARTS) is 1. The molecule has 10 nitrogen and oxygen atoms in total. The second-order valence-corrected chi connectivity index (χ2v) is 11.2. The Morgan fingerprint density at radius 1 is 0.913 bits per heavy atom. The monoisotopic (exact) mass is 675 g/mol. The van der Waals surface area contributed by atoms with Crippen LogP contribution in [0.4, 0.5) is 32.0 Å². The number of rotatable bonds is 14. The second kappa shape index (κ2) is 15.9. The number of nitrogens with one attached hydrogen (secondary N) is 3. The van der Waals surface area contributed by atoms with E-state index in [4.69, 9.17) is 10.8 Å². The molecule has 6 N–H and O–H groups in total. The summed E-state index contributed by atoms with van der Waals surface area (Å²) in [7, 11) is 0. The molecule has 0 aromatic heterocycles. The van der Waals surface area contributed by atoms with E-state index in [1.807, 2.05) is 0 Å². The second-order valence-electron chi connectivity index (χ2n) is 10.4. The molecule has 0 saturated carbocycles. The predicted octanol–water partition coefficient (Wildman–Crippen LogP) is 4.40. The van der Waals surface area contributed by atoms with E-state index in [1.165, 1.54) is 0 Å². The molecule has 4 unspecified atom stereocenters. The lowest BCUT2D eigenvalue weighted by Gasteiger charge is -2.27. The zero-order chi connectivity index (χ0) is 34.1. The van der Waals surface area contributed by atoms with Crippen LogP contribution in [0, 0.1) is 11.8 Å². The number of nitrogens with zero attached hydrogens (tertiary/aromatic N) is 1. The van der Waals surface area contributed by atoms with Crippen molar-refractivity contribution in [1.29, 1.82) is 0 Å². The molecule has 0 saturated heterocycles. The lowest BCUT2D eigenvalue weighted by molar-refractivity contribution is -0.147. The molecule has 0 fully saturated rings. The number of benzene rings is 2. The minimum absolute atomic E-state index is 0.269. The summed E-state index contributed by atoms with van der Waals surface area (Å²) in [6.45, 7) is 0. The molecule has 3 amide bonds. The number of hydrogen-bond donors (Lipinski definition) is 5. The van der Waals surface area contributed by atoms with Gasteiger partial charge in [0.2, 0.25) is 18.0 Å². The summed E-state index contributed by atoms with van der Waals surface area (Å²) in [5.74, 6) is -8.53. The van der Waals surface area contributed by atoms with Crippen molar-refractivity contribution in [3.8, 4) is 0 Å². The number of aliphatic carboxylic acids is 1. The quantitative estimate of drug-likeness (QED) is 0.146. The van der Waals surface area contributed by atoms with E-state index in [2.05, 4.69) is 20.3 Å². The third kappa shape index (κ3) is 11.0. The molecule has 1 aliphatic heterocycles. The van der Waals surface area contributed by atoms with Crippen LogP contribution in [0.15, 0.2) is 59.6 Å². The number of para-hydroxylation sites is 1. The average Bonchev–Trinajstić information content (AvgIpc) is 3.11. The first-order valence-electron chi connectivity index (χ1n) is 13.9. The standard InChI is InChI=1S/C29H31F6N5O5S/c30-28(31,32)13-6-10-17(18(12-14-29(33,34)35)25(42)40-46-15-20(36)27(44)45)24(41)39-23-26(43)37-21-11-5-4-9-19(21)22(38-23)16-7-2-1-3-8-16/h1-5,7-9,11,17-18,20,23H,6,10,12-15,36H2,(H,37,43)(H,39,41)(H,40,42)(H,44,45). The summed E-state index contributed by atoms with van der Waals surface area (Å²) in [6.07, 6.45) is -16.4. The molecule has 0 spiro atoms. The highest BCUT2D eigenvalue weighted by Crippen LogP contribution is 2.33. The molecule has 250 valence electrons. The van der Waals surface area contributed by atoms with E-state index in [0.717, 1.165) is 0 Å². The summed E-state index contributed by atoms with van der Waals surface area (Å²) in [4.78, 5) is 55.4. The molecule has 3 rings (SSSR count). The maximum Gasteiger partial charge on any atom is 0.389 e. The van der Waals surface area contributed by atoms with Gasteiger partial charge in [-0.1, -0.05) is 48.5 Å². The van der Waals surface area contributed by atoms with Crippen molar-refractivity contribution < 1.29 is 50.6 Å². The Kier molecular flexibility index (Phi) is 12.6. The van der Waals surface area contributed by atoms with Crippen molar-refractivity contribution in [2.24, 2.45) is 22.6 Å². The maximum atomic E-state index is 13.7. The van der Waals surface area contributed by atoms with Gasteiger partial charge in [-0.05, 0) is 37.3 Å². The lowest BCUT2D eigenvalue weighted by atomic mass is 9.83. The Labute approximate surface area is 263 Å². The zero-order valence-corrected chi connectivity index (χ0v) is 24.8. The number of hydrogen-bond acceptors (Lipinski definition) is 7. The summed E-state index contributed by atoms with van der Waals surface area (Å²) < 4.78 is 81.0. The van der Waals surface area contributed by atoms with E-state index < -0.39 is 97.9 Å². The van der Waals surface area contributed by atoms with Gasteiger partial charge in [0.15, 0.2) is 0 Å². The largest absolute Gasteiger partial charge is 0.480 e. The Hall–Kier alpha value is -4.12. The number of nitrogens with two attached hydrogens (primary N) is 1. The minimum Gasteiger partial charge on any atom is -0.480 e. The molecular weight excluding hydrogens is 644 g/mol. The van der Waals surface area contributed by atoms with E-state index >= 15 is 0 Å². The summed E-state index contributed by atoms with van der Waals surface area (Å²) in [5.41, 5.74) is 7.03. The number of carbonyl (C=O) groups is 4. The van der Waals surface area contributed by atoms with Gasteiger partial charge in [0.05, 0.1) is 17.3 Å². The predicted molar refractivity (Wildman–Crippen MR) is 157 cm³/mol. The van der Waals surface area contributed by atoms with Gasteiger partial charge >= 0.3 is 18.3 Å². The number of halogens is 6. The highest BCUT2D eigenvalue weighted by molar-refractivity contribution is 7.98. The average molecular weight is 676 g/mol. The number of amides is 3. The van der Waals surface area contributed by atoms with Gasteiger partial charge in [0, 0.05) is 35.6 Å². The summed E-state index contributed by atoms with van der Waals surface area (Å²) >= 11 is 0.462. The molecule has 46 heavy (non-hydrogen) atoms. The highest BCUT2D eigenvalue weighted by Gasteiger charge is 2.40. The van der Waals surface area contributed by atoms with E-state index in [9.17, 15) is 45.5 Å². The van der Waals surface area contributed by atoms with Crippen molar-refractivity contribution in [2.45, 2.75) is 56.7 Å². The Morgan fingerprint density at radius 3 is 2.15 bits per heavy atom. The third-order valence-electron chi connectivity index (χ3n) is 6.90. The van der Waals surface area contributed by atoms with Crippen molar-refractivity contribution in [1.82, 2.24) is 10.0 Å². The van der Waals surface area contributed by atoms with Crippen LogP contribution in [-0.2, 0) is 19.2 Å². The number of carbonyl (C=O) groups excluding carboxylic acids is 3. The van der Waals surface area contributed by atoms with Crippen LogP contribution in [0.25, 0.3) is 0 Å². The molecule has 17 heteroatoms. The number of carboxylic acids is 1. The fraction of sp³-hybridized carbons (Fsp3) is 0.414. The number of benzodiazepines with no additional fused rings is 1. The fourth-order valence-corrected chi connectivity index (χ4v) is 5.34. The fourth-order valence-electron chi connectivity index (χ4n) is 4.64. The van der Waals surface area contributed by atoms with Gasteiger partial charge in [-0.3, -0.25) is 23.9 Å². The molecule has 2 aromatic rings. The SMILES string of the molecule is NC(CSNC(=O)C(CCC(F)(F)F)C(CCCC(F)(F)F)C(=O)NC1N=C(c2ccccc2)c2ccccc2NC1=O)C(=O)O. The van der Waals surface area contributed by atoms with E-state index in [1.54, 1.807) is 54.6 Å². The number of fused-ring (bicyclic) bond motifs is 1. The number of alkyl halides is 6. The Balaban J connectivity index is 1.96. The van der Waals surface area contributed by atoms with Gasteiger partial charge < -0.3 is 21.5 Å². The normalized spacial score (nSPS) is 17.0. The molecule has 1 heterocycles. The van der Waals surface area contributed by atoms with Crippen molar-refractivity contribution >= 4 is 47.0 Å². The highest BCUT2D eigenvalue weighted by atomic mass is 32.2. The lowest BCUT2D eigenvalue weighted by Crippen LogP contribution is -2.48. The third-order valence-corrected chi connectivity index (χ3v) is 7.77. The van der Waals surface area contributed by atoms with Crippen LogP contribution in [0.1, 0.15) is 43.2 Å². The van der Waals surface area contributed by atoms with Crippen LogP contribution in [0.3, 0.4) is 0 Å². The topological polar surface area (TPSA) is 163 Å². The summed E-state index contributed by atoms with van der Waals surface area (Å²) in [5, 5.41) is 13.9. The van der Waals surface area contributed by atoms with E-state index in [0.29, 0.717) is 28.8 Å². The Morgan fingerprint density at radius 2 is 1.52 bits per heavy atom. The van der Waals surface area contributed by atoms with Gasteiger partial charge in [-0.25, -0.2) is 4.99 Å². The number of aliphatic imine (C=N–C) groups is 1. The molecule has 0 bridgehead atoms. The van der Waals surface area contributed by atoms with E-state index in [-0.39, 0.29) is 5.71 Å². The van der Waals surface area contributed by atoms with Gasteiger partial charge in [-0.2, -0.15) is 26.3 Å². The van der Waals surface area contributed by atoms with Crippen LogP contribution in [0.2, 0.25) is 0 Å².